The highest BCUT2D eigenvalue weighted by Gasteiger charge is 2.07. The van der Waals surface area contributed by atoms with Crippen LogP contribution in [0.5, 0.6) is 0 Å². The SMILES string of the molecule is CC(C#N)N[C@@H](C)c1cccnc1. The summed E-state index contributed by atoms with van der Waals surface area (Å²) in [6, 6.07) is 6.06. The van der Waals surface area contributed by atoms with E-state index >= 15 is 0 Å². The number of hydrogen-bond donors (Lipinski definition) is 1. The average molecular weight is 175 g/mol. The van der Waals surface area contributed by atoms with Gasteiger partial charge in [0.05, 0.1) is 12.1 Å². The monoisotopic (exact) mass is 175 g/mol. The Balaban J connectivity index is 2.60. The van der Waals surface area contributed by atoms with Gasteiger partial charge in [-0.25, -0.2) is 0 Å². The smallest absolute Gasteiger partial charge is 0.0929 e. The molecule has 0 aliphatic heterocycles. The summed E-state index contributed by atoms with van der Waals surface area (Å²) in [6.45, 7) is 3.86. The minimum absolute atomic E-state index is 0.129. The van der Waals surface area contributed by atoms with E-state index in [1.165, 1.54) is 0 Å². The van der Waals surface area contributed by atoms with Crippen molar-refractivity contribution in [3.8, 4) is 6.07 Å². The fourth-order valence-corrected chi connectivity index (χ4v) is 1.14. The van der Waals surface area contributed by atoms with Crippen LogP contribution in [0.25, 0.3) is 0 Å². The Morgan fingerprint density at radius 2 is 2.31 bits per heavy atom. The van der Waals surface area contributed by atoms with Gasteiger partial charge in [-0.3, -0.25) is 10.3 Å². The summed E-state index contributed by atoms with van der Waals surface area (Å²) in [5, 5.41) is 11.7. The van der Waals surface area contributed by atoms with Crippen molar-refractivity contribution in [3.05, 3.63) is 30.1 Å². The molecule has 0 radical (unpaired) electrons. The predicted molar refractivity (Wildman–Crippen MR) is 50.9 cm³/mol. The van der Waals surface area contributed by atoms with Crippen LogP contribution in [0.1, 0.15) is 25.5 Å². The highest BCUT2D eigenvalue weighted by Crippen LogP contribution is 2.09. The van der Waals surface area contributed by atoms with Crippen LogP contribution in [-0.2, 0) is 0 Å². The molecule has 0 aromatic carbocycles. The van der Waals surface area contributed by atoms with Gasteiger partial charge in [0.2, 0.25) is 0 Å². The molecule has 1 heterocycles. The second-order valence-electron chi connectivity index (χ2n) is 3.03. The van der Waals surface area contributed by atoms with E-state index in [9.17, 15) is 0 Å². The first-order valence-corrected chi connectivity index (χ1v) is 4.29. The van der Waals surface area contributed by atoms with Crippen molar-refractivity contribution >= 4 is 0 Å². The second kappa shape index (κ2) is 4.58. The van der Waals surface area contributed by atoms with Crippen LogP contribution in [0.4, 0.5) is 0 Å². The molecule has 13 heavy (non-hydrogen) atoms. The first-order valence-electron chi connectivity index (χ1n) is 4.29. The van der Waals surface area contributed by atoms with Crippen molar-refractivity contribution in [2.45, 2.75) is 25.9 Å². The molecular formula is C10H13N3. The standard InChI is InChI=1S/C10H13N3/c1-8(6-11)13-9(2)10-4-3-5-12-7-10/h3-5,7-9,13H,1-2H3/t8?,9-/m0/s1. The van der Waals surface area contributed by atoms with Crippen LogP contribution in [0.2, 0.25) is 0 Å². The van der Waals surface area contributed by atoms with Gasteiger partial charge in [-0.15, -0.1) is 0 Å². The van der Waals surface area contributed by atoms with Crippen molar-refractivity contribution < 1.29 is 0 Å². The van der Waals surface area contributed by atoms with Crippen LogP contribution in [-0.4, -0.2) is 11.0 Å². The van der Waals surface area contributed by atoms with Gasteiger partial charge in [0.1, 0.15) is 0 Å². The third-order valence-corrected chi connectivity index (χ3v) is 1.88. The fraction of sp³-hybridized carbons (Fsp3) is 0.400. The summed E-state index contributed by atoms with van der Waals surface area (Å²) in [5.41, 5.74) is 1.10. The zero-order chi connectivity index (χ0) is 9.68. The fourth-order valence-electron chi connectivity index (χ4n) is 1.14. The first kappa shape index (κ1) is 9.69. The zero-order valence-electron chi connectivity index (χ0n) is 7.86. The molecule has 2 atom stereocenters. The molecule has 0 amide bonds. The molecule has 68 valence electrons. The number of nitrogens with zero attached hydrogens (tertiary/aromatic N) is 2. The van der Waals surface area contributed by atoms with E-state index in [1.807, 2.05) is 32.2 Å². The molecule has 0 saturated carbocycles. The van der Waals surface area contributed by atoms with Crippen LogP contribution in [0, 0.1) is 11.3 Å². The van der Waals surface area contributed by atoms with Gasteiger partial charge in [-0.1, -0.05) is 6.07 Å². The lowest BCUT2D eigenvalue weighted by Gasteiger charge is -2.14. The van der Waals surface area contributed by atoms with Crippen molar-refractivity contribution in [2.75, 3.05) is 0 Å². The topological polar surface area (TPSA) is 48.7 Å². The molecule has 1 unspecified atom stereocenters. The van der Waals surface area contributed by atoms with Crippen LogP contribution < -0.4 is 5.32 Å². The minimum atomic E-state index is -0.129. The quantitative estimate of drug-likeness (QED) is 0.759. The maximum atomic E-state index is 8.60. The molecule has 0 saturated heterocycles. The maximum Gasteiger partial charge on any atom is 0.0929 e. The van der Waals surface area contributed by atoms with Crippen molar-refractivity contribution in [1.82, 2.24) is 10.3 Å². The molecule has 1 aromatic rings. The lowest BCUT2D eigenvalue weighted by molar-refractivity contribution is 0.541. The molecule has 0 aliphatic rings. The normalized spacial score (nSPS) is 14.5. The molecule has 3 heteroatoms. The minimum Gasteiger partial charge on any atom is -0.295 e. The Morgan fingerprint density at radius 1 is 1.54 bits per heavy atom. The van der Waals surface area contributed by atoms with Crippen molar-refractivity contribution in [3.63, 3.8) is 0 Å². The van der Waals surface area contributed by atoms with Crippen LogP contribution in [0.3, 0.4) is 0 Å². The van der Waals surface area contributed by atoms with Gasteiger partial charge < -0.3 is 0 Å². The number of nitriles is 1. The molecule has 1 N–H and O–H groups in total. The number of nitrogens with one attached hydrogen (secondary N) is 1. The number of hydrogen-bond acceptors (Lipinski definition) is 3. The molecular weight excluding hydrogens is 162 g/mol. The van der Waals surface area contributed by atoms with Gasteiger partial charge in [-0.05, 0) is 25.5 Å². The average Bonchev–Trinajstić information content (AvgIpc) is 2.19. The molecule has 1 aromatic heterocycles. The summed E-state index contributed by atoms with van der Waals surface area (Å²) in [7, 11) is 0. The third kappa shape index (κ3) is 2.85. The van der Waals surface area contributed by atoms with E-state index in [0.29, 0.717) is 0 Å². The summed E-state index contributed by atoms with van der Waals surface area (Å²) >= 11 is 0. The van der Waals surface area contributed by atoms with Gasteiger partial charge in [0.15, 0.2) is 0 Å². The van der Waals surface area contributed by atoms with Gasteiger partial charge >= 0.3 is 0 Å². The molecule has 1 rings (SSSR count). The molecule has 0 aliphatic carbocycles. The predicted octanol–water partition coefficient (Wildman–Crippen LogP) is 1.64. The summed E-state index contributed by atoms with van der Waals surface area (Å²) in [5.74, 6) is 0. The summed E-state index contributed by atoms with van der Waals surface area (Å²) in [4.78, 5) is 4.02. The second-order valence-corrected chi connectivity index (χ2v) is 3.03. The van der Waals surface area contributed by atoms with E-state index < -0.39 is 0 Å². The third-order valence-electron chi connectivity index (χ3n) is 1.88. The Kier molecular flexibility index (Phi) is 3.41. The Bertz CT molecular complexity index is 289. The molecule has 3 nitrogen and oxygen atoms in total. The molecule has 0 spiro atoms. The summed E-state index contributed by atoms with van der Waals surface area (Å²) < 4.78 is 0. The Labute approximate surface area is 78.4 Å². The van der Waals surface area contributed by atoms with Gasteiger partial charge in [0, 0.05) is 18.4 Å². The van der Waals surface area contributed by atoms with Crippen LogP contribution in [0.15, 0.2) is 24.5 Å². The first-order chi connectivity index (χ1) is 6.24. The Hall–Kier alpha value is -1.40. The highest BCUT2D eigenvalue weighted by molar-refractivity contribution is 5.13. The molecule has 0 fully saturated rings. The number of rotatable bonds is 3. The number of pyridine rings is 1. The van der Waals surface area contributed by atoms with E-state index in [4.69, 9.17) is 5.26 Å². The highest BCUT2D eigenvalue weighted by atomic mass is 14.9. The number of aromatic nitrogens is 1. The van der Waals surface area contributed by atoms with E-state index in [2.05, 4.69) is 16.4 Å². The molecule has 0 bridgehead atoms. The van der Waals surface area contributed by atoms with Crippen molar-refractivity contribution in [2.24, 2.45) is 0 Å². The van der Waals surface area contributed by atoms with E-state index in [-0.39, 0.29) is 12.1 Å². The lowest BCUT2D eigenvalue weighted by Crippen LogP contribution is -2.27. The van der Waals surface area contributed by atoms with Gasteiger partial charge in [0.25, 0.3) is 0 Å². The van der Waals surface area contributed by atoms with Gasteiger partial charge in [-0.2, -0.15) is 5.26 Å². The van der Waals surface area contributed by atoms with Crippen molar-refractivity contribution in [1.29, 1.82) is 5.26 Å². The largest absolute Gasteiger partial charge is 0.295 e. The van der Waals surface area contributed by atoms with E-state index in [0.717, 1.165) is 5.56 Å². The summed E-state index contributed by atoms with van der Waals surface area (Å²) in [6.07, 6.45) is 3.55. The zero-order valence-corrected chi connectivity index (χ0v) is 7.86. The van der Waals surface area contributed by atoms with E-state index in [1.54, 1.807) is 6.20 Å². The Morgan fingerprint density at radius 3 is 2.85 bits per heavy atom. The van der Waals surface area contributed by atoms with Crippen LogP contribution >= 0.6 is 0 Å². The lowest BCUT2D eigenvalue weighted by atomic mass is 10.1. The maximum absolute atomic E-state index is 8.60.